The Kier molecular flexibility index (Phi) is 12.3. The molecule has 0 bridgehead atoms. The maximum atomic E-state index is 10.6. The lowest BCUT2D eigenvalue weighted by molar-refractivity contribution is -0.151. The van der Waals surface area contributed by atoms with Gasteiger partial charge in [-0.15, -0.1) is 0 Å². The van der Waals surface area contributed by atoms with Crippen LogP contribution in [0.5, 0.6) is 0 Å². The van der Waals surface area contributed by atoms with Crippen LogP contribution in [-0.4, -0.2) is 44.9 Å². The van der Waals surface area contributed by atoms with Crippen LogP contribution < -0.4 is 0 Å². The van der Waals surface area contributed by atoms with Crippen molar-refractivity contribution in [3.8, 4) is 0 Å². The molecule has 0 aliphatic carbocycles. The number of hydrogen-bond donors (Lipinski definition) is 1. The van der Waals surface area contributed by atoms with E-state index in [4.69, 9.17) is 4.55 Å². The van der Waals surface area contributed by atoms with E-state index in [9.17, 15) is 18.0 Å². The average Bonchev–Trinajstić information content (AvgIpc) is 2.36. The zero-order chi connectivity index (χ0) is 16.9. The van der Waals surface area contributed by atoms with Crippen LogP contribution in [0, 0.1) is 0 Å². The Balaban J connectivity index is 0. The number of ether oxygens (including phenoxy) is 2. The van der Waals surface area contributed by atoms with E-state index in [0.29, 0.717) is 6.26 Å². The van der Waals surface area contributed by atoms with E-state index in [1.807, 2.05) is 30.3 Å². The molecular weight excluding hydrogens is 300 g/mol. The van der Waals surface area contributed by atoms with E-state index in [1.165, 1.54) is 14.0 Å². The highest BCUT2D eigenvalue weighted by Gasteiger charge is 1.92. The average molecular weight is 320 g/mol. The minimum Gasteiger partial charge on any atom is -0.439 e. The number of hydrogen-bond acceptors (Lipinski definition) is 6. The molecule has 0 saturated carbocycles. The van der Waals surface area contributed by atoms with E-state index in [0.717, 1.165) is 5.56 Å². The molecule has 8 heteroatoms. The normalized spacial score (nSPS) is 9.38. The number of esters is 1. The molecule has 0 radical (unpaired) electrons. The molecule has 0 heterocycles. The SMILES string of the molecule is CC(=O)c1ccccc1.COCOC(C)=O.CS(=O)(=O)O. The van der Waals surface area contributed by atoms with Gasteiger partial charge in [-0.1, -0.05) is 30.3 Å². The highest BCUT2D eigenvalue weighted by Crippen LogP contribution is 1.97. The van der Waals surface area contributed by atoms with Crippen LogP contribution in [0.4, 0.5) is 0 Å². The van der Waals surface area contributed by atoms with Crippen LogP contribution in [0.1, 0.15) is 24.2 Å². The van der Waals surface area contributed by atoms with Crippen LogP contribution >= 0.6 is 0 Å². The molecule has 0 saturated heterocycles. The van der Waals surface area contributed by atoms with Crippen LogP contribution in [0.25, 0.3) is 0 Å². The summed E-state index contributed by atoms with van der Waals surface area (Å²) in [6, 6.07) is 9.23. The molecule has 0 atom stereocenters. The third kappa shape index (κ3) is 23.7. The second-order valence-corrected chi connectivity index (χ2v) is 5.16. The van der Waals surface area contributed by atoms with Gasteiger partial charge in [0.15, 0.2) is 12.6 Å². The fourth-order valence-corrected chi connectivity index (χ4v) is 0.815. The summed E-state index contributed by atoms with van der Waals surface area (Å²) < 4.78 is 34.6. The lowest BCUT2D eigenvalue weighted by Crippen LogP contribution is -2.00. The molecule has 0 fully saturated rings. The van der Waals surface area contributed by atoms with Crippen molar-refractivity contribution in [3.05, 3.63) is 35.9 Å². The van der Waals surface area contributed by atoms with Crippen molar-refractivity contribution in [1.29, 1.82) is 0 Å². The number of carbonyl (C=O) groups excluding carboxylic acids is 2. The van der Waals surface area contributed by atoms with Gasteiger partial charge in [-0.05, 0) is 6.92 Å². The Bertz CT molecular complexity index is 501. The monoisotopic (exact) mass is 320 g/mol. The van der Waals surface area contributed by atoms with Gasteiger partial charge in [0.25, 0.3) is 10.1 Å². The standard InChI is InChI=1S/C8H8O.C4H8O3.CH4O3S/c1-7(9)8-5-3-2-4-6-8;1-4(5)7-3-6-2;1-5(2,3)4/h2-6H,1H3;3H2,1-2H3;1H3,(H,2,3,4). The first kappa shape index (κ1) is 21.5. The highest BCUT2D eigenvalue weighted by atomic mass is 32.2. The van der Waals surface area contributed by atoms with Crippen molar-refractivity contribution >= 4 is 21.9 Å². The Morgan fingerprint density at radius 1 is 1.14 bits per heavy atom. The van der Waals surface area contributed by atoms with Gasteiger partial charge in [0, 0.05) is 19.6 Å². The third-order valence-electron chi connectivity index (χ3n) is 1.56. The lowest BCUT2D eigenvalue weighted by Gasteiger charge is -1.95. The van der Waals surface area contributed by atoms with Crippen molar-refractivity contribution in [1.82, 2.24) is 0 Å². The molecule has 0 unspecified atom stereocenters. The Labute approximate surface area is 124 Å². The van der Waals surface area contributed by atoms with Gasteiger partial charge < -0.3 is 9.47 Å². The summed E-state index contributed by atoms with van der Waals surface area (Å²) in [4.78, 5) is 20.5. The maximum Gasteiger partial charge on any atom is 0.304 e. The van der Waals surface area contributed by atoms with Gasteiger partial charge >= 0.3 is 5.97 Å². The van der Waals surface area contributed by atoms with Crippen molar-refractivity contribution < 1.29 is 32.0 Å². The lowest BCUT2D eigenvalue weighted by atomic mass is 10.2. The van der Waals surface area contributed by atoms with E-state index in [-0.39, 0.29) is 18.5 Å². The predicted octanol–water partition coefficient (Wildman–Crippen LogP) is 1.55. The fourth-order valence-electron chi connectivity index (χ4n) is 0.815. The number of benzene rings is 1. The van der Waals surface area contributed by atoms with Gasteiger partial charge in [-0.25, -0.2) is 0 Å². The molecule has 1 aromatic rings. The molecule has 7 nitrogen and oxygen atoms in total. The zero-order valence-electron chi connectivity index (χ0n) is 12.4. The summed E-state index contributed by atoms with van der Waals surface area (Å²) in [5.41, 5.74) is 0.775. The van der Waals surface area contributed by atoms with Crippen molar-refractivity contribution in [2.45, 2.75) is 13.8 Å². The molecule has 0 aliphatic heterocycles. The van der Waals surface area contributed by atoms with Gasteiger partial charge in [0.1, 0.15) is 0 Å². The number of carbonyl (C=O) groups is 2. The molecular formula is C13H20O7S. The van der Waals surface area contributed by atoms with E-state index in [1.54, 1.807) is 6.92 Å². The minimum atomic E-state index is -3.67. The van der Waals surface area contributed by atoms with Crippen molar-refractivity contribution in [2.24, 2.45) is 0 Å². The summed E-state index contributed by atoms with van der Waals surface area (Å²) in [6.45, 7) is 2.95. The Hall–Kier alpha value is -1.77. The second-order valence-electron chi connectivity index (χ2n) is 3.70. The Morgan fingerprint density at radius 2 is 1.57 bits per heavy atom. The predicted molar refractivity (Wildman–Crippen MR) is 77.6 cm³/mol. The first-order chi connectivity index (χ1) is 9.57. The van der Waals surface area contributed by atoms with E-state index >= 15 is 0 Å². The number of ketones is 1. The molecule has 1 rings (SSSR count). The molecule has 120 valence electrons. The molecule has 21 heavy (non-hydrogen) atoms. The van der Waals surface area contributed by atoms with Crippen molar-refractivity contribution in [3.63, 3.8) is 0 Å². The summed E-state index contributed by atoms with van der Waals surface area (Å²) in [5, 5.41) is 0. The zero-order valence-corrected chi connectivity index (χ0v) is 13.2. The van der Waals surface area contributed by atoms with Crippen LogP contribution in [0.3, 0.4) is 0 Å². The topological polar surface area (TPSA) is 107 Å². The largest absolute Gasteiger partial charge is 0.439 e. The first-order valence-electron chi connectivity index (χ1n) is 5.68. The maximum absolute atomic E-state index is 10.6. The minimum absolute atomic E-state index is 0.0509. The summed E-state index contributed by atoms with van der Waals surface area (Å²) >= 11 is 0. The van der Waals surface area contributed by atoms with E-state index in [2.05, 4.69) is 9.47 Å². The quantitative estimate of drug-likeness (QED) is 0.389. The molecule has 0 aliphatic rings. The second kappa shape index (κ2) is 12.0. The van der Waals surface area contributed by atoms with Gasteiger partial charge in [0.2, 0.25) is 0 Å². The highest BCUT2D eigenvalue weighted by molar-refractivity contribution is 7.85. The Morgan fingerprint density at radius 3 is 1.76 bits per heavy atom. The van der Waals surface area contributed by atoms with Gasteiger partial charge in [-0.2, -0.15) is 8.42 Å². The summed E-state index contributed by atoms with van der Waals surface area (Å²) in [7, 11) is -2.21. The number of rotatable bonds is 3. The fraction of sp³-hybridized carbons (Fsp3) is 0.385. The smallest absolute Gasteiger partial charge is 0.304 e. The summed E-state index contributed by atoms with van der Waals surface area (Å²) in [5.74, 6) is -0.197. The molecule has 1 N–H and O–H groups in total. The summed E-state index contributed by atoms with van der Waals surface area (Å²) in [6.07, 6.45) is 0.715. The van der Waals surface area contributed by atoms with Crippen LogP contribution in [0.15, 0.2) is 30.3 Å². The van der Waals surface area contributed by atoms with Gasteiger partial charge in [-0.3, -0.25) is 14.1 Å². The molecule has 1 aromatic carbocycles. The third-order valence-corrected chi connectivity index (χ3v) is 1.56. The van der Waals surface area contributed by atoms with Crippen molar-refractivity contribution in [2.75, 3.05) is 20.2 Å². The van der Waals surface area contributed by atoms with E-state index < -0.39 is 10.1 Å². The number of methoxy groups -OCH3 is 1. The first-order valence-corrected chi connectivity index (χ1v) is 7.53. The van der Waals surface area contributed by atoms with Crippen LogP contribution in [-0.2, 0) is 24.4 Å². The van der Waals surface area contributed by atoms with Crippen LogP contribution in [0.2, 0.25) is 0 Å². The molecule has 0 spiro atoms. The molecule has 0 amide bonds. The van der Waals surface area contributed by atoms with Gasteiger partial charge in [0.05, 0.1) is 6.26 Å². The number of Topliss-reactive ketones (excluding diaryl/α,β-unsaturated/α-hetero) is 1. The molecule has 0 aromatic heterocycles.